The minimum Gasteiger partial charge on any atom is -0.491 e. The van der Waals surface area contributed by atoms with Crippen LogP contribution in [0.4, 0.5) is 4.39 Å². The molecule has 1 aromatic carbocycles. The van der Waals surface area contributed by atoms with Crippen LogP contribution in [0.25, 0.3) is 0 Å². The topological polar surface area (TPSA) is 18.5 Å². The summed E-state index contributed by atoms with van der Waals surface area (Å²) in [6, 6.07) is 4.69. The fourth-order valence-corrected chi connectivity index (χ4v) is 1.64. The lowest BCUT2D eigenvalue weighted by molar-refractivity contribution is 0.0818. The van der Waals surface area contributed by atoms with Gasteiger partial charge in [-0.05, 0) is 23.6 Å². The van der Waals surface area contributed by atoms with Gasteiger partial charge in [-0.15, -0.1) is 0 Å². The molecule has 4 heteroatoms. The Morgan fingerprint density at radius 3 is 2.65 bits per heavy atom. The second kappa shape index (κ2) is 7.67. The summed E-state index contributed by atoms with van der Waals surface area (Å²) in [5, 5.41) is 0.616. The van der Waals surface area contributed by atoms with E-state index in [1.807, 2.05) is 6.07 Å². The summed E-state index contributed by atoms with van der Waals surface area (Å²) in [6.45, 7) is 5.88. The fourth-order valence-electron chi connectivity index (χ4n) is 1.32. The maximum atomic E-state index is 13.2. The standard InChI is InChI=1S/C13H18BrFO2/c1-10(2)9-16-3-4-17-13-6-11(8-14)5-12(15)7-13/h5-7,10H,3-4,8-9H2,1-2H3. The van der Waals surface area contributed by atoms with E-state index in [9.17, 15) is 4.39 Å². The van der Waals surface area contributed by atoms with Gasteiger partial charge in [0.15, 0.2) is 0 Å². The SMILES string of the molecule is CC(C)COCCOc1cc(F)cc(CBr)c1. The number of ether oxygens (including phenoxy) is 2. The first kappa shape index (κ1) is 14.5. The molecule has 0 aliphatic heterocycles. The Morgan fingerprint density at radius 1 is 1.24 bits per heavy atom. The van der Waals surface area contributed by atoms with Gasteiger partial charge in [0.1, 0.15) is 18.2 Å². The molecule has 0 aromatic heterocycles. The van der Waals surface area contributed by atoms with E-state index >= 15 is 0 Å². The Kier molecular flexibility index (Phi) is 6.52. The Hall–Kier alpha value is -0.610. The van der Waals surface area contributed by atoms with Crippen LogP contribution in [0.3, 0.4) is 0 Å². The summed E-state index contributed by atoms with van der Waals surface area (Å²) < 4.78 is 24.0. The highest BCUT2D eigenvalue weighted by Gasteiger charge is 2.01. The zero-order valence-corrected chi connectivity index (χ0v) is 11.8. The second-order valence-electron chi connectivity index (χ2n) is 4.25. The Bertz CT molecular complexity index is 342. The van der Waals surface area contributed by atoms with E-state index in [4.69, 9.17) is 9.47 Å². The molecule has 17 heavy (non-hydrogen) atoms. The van der Waals surface area contributed by atoms with Crippen molar-refractivity contribution >= 4 is 15.9 Å². The number of halogens is 2. The van der Waals surface area contributed by atoms with Gasteiger partial charge in [0, 0.05) is 18.0 Å². The molecule has 1 aromatic rings. The maximum Gasteiger partial charge on any atom is 0.127 e. The van der Waals surface area contributed by atoms with E-state index in [-0.39, 0.29) is 5.82 Å². The van der Waals surface area contributed by atoms with Crippen molar-refractivity contribution in [2.75, 3.05) is 19.8 Å². The molecule has 0 aliphatic rings. The molecule has 0 bridgehead atoms. The van der Waals surface area contributed by atoms with Crippen molar-refractivity contribution in [2.45, 2.75) is 19.2 Å². The van der Waals surface area contributed by atoms with E-state index in [1.54, 1.807) is 0 Å². The molecule has 1 rings (SSSR count). The average Bonchev–Trinajstić information content (AvgIpc) is 2.27. The Balaban J connectivity index is 2.33. The minimum absolute atomic E-state index is 0.278. The van der Waals surface area contributed by atoms with E-state index in [0.717, 1.165) is 12.2 Å². The summed E-state index contributed by atoms with van der Waals surface area (Å²) in [5.74, 6) is 0.789. The van der Waals surface area contributed by atoms with E-state index in [0.29, 0.717) is 30.2 Å². The molecule has 0 heterocycles. The normalized spacial score (nSPS) is 10.9. The van der Waals surface area contributed by atoms with Gasteiger partial charge in [0.25, 0.3) is 0 Å². The molecule has 0 fully saturated rings. The summed E-state index contributed by atoms with van der Waals surface area (Å²) in [6.07, 6.45) is 0. The van der Waals surface area contributed by atoms with Crippen LogP contribution in [0.2, 0.25) is 0 Å². The molecule has 0 atom stereocenters. The molecule has 0 radical (unpaired) electrons. The van der Waals surface area contributed by atoms with Crippen molar-refractivity contribution in [3.05, 3.63) is 29.6 Å². The van der Waals surface area contributed by atoms with Gasteiger partial charge in [0.05, 0.1) is 6.61 Å². The van der Waals surface area contributed by atoms with Crippen LogP contribution in [0.1, 0.15) is 19.4 Å². The predicted octanol–water partition coefficient (Wildman–Crippen LogP) is 3.77. The average molecular weight is 305 g/mol. The summed E-state index contributed by atoms with van der Waals surface area (Å²) in [5.41, 5.74) is 0.864. The fraction of sp³-hybridized carbons (Fsp3) is 0.538. The zero-order chi connectivity index (χ0) is 12.7. The zero-order valence-electron chi connectivity index (χ0n) is 10.2. The molecule has 0 aliphatic carbocycles. The van der Waals surface area contributed by atoms with Gasteiger partial charge < -0.3 is 9.47 Å². The minimum atomic E-state index is -0.278. The van der Waals surface area contributed by atoms with Crippen molar-refractivity contribution in [2.24, 2.45) is 5.92 Å². The van der Waals surface area contributed by atoms with Gasteiger partial charge in [-0.2, -0.15) is 0 Å². The third-order valence-electron chi connectivity index (χ3n) is 2.03. The van der Waals surface area contributed by atoms with Crippen molar-refractivity contribution in [1.29, 1.82) is 0 Å². The van der Waals surface area contributed by atoms with Crippen molar-refractivity contribution in [3.63, 3.8) is 0 Å². The third-order valence-corrected chi connectivity index (χ3v) is 2.68. The smallest absolute Gasteiger partial charge is 0.127 e. The van der Waals surface area contributed by atoms with Gasteiger partial charge in [-0.1, -0.05) is 29.8 Å². The highest BCUT2D eigenvalue weighted by Crippen LogP contribution is 2.18. The van der Waals surface area contributed by atoms with Crippen LogP contribution < -0.4 is 4.74 Å². The number of hydrogen-bond donors (Lipinski definition) is 0. The molecule has 2 nitrogen and oxygen atoms in total. The molecule has 0 saturated carbocycles. The van der Waals surface area contributed by atoms with Crippen LogP contribution in [0, 0.1) is 11.7 Å². The largest absolute Gasteiger partial charge is 0.491 e. The lowest BCUT2D eigenvalue weighted by atomic mass is 10.2. The number of alkyl halides is 1. The van der Waals surface area contributed by atoms with Gasteiger partial charge in [-0.3, -0.25) is 0 Å². The van der Waals surface area contributed by atoms with Gasteiger partial charge in [-0.25, -0.2) is 4.39 Å². The maximum absolute atomic E-state index is 13.2. The van der Waals surface area contributed by atoms with Crippen LogP contribution >= 0.6 is 15.9 Å². The first-order chi connectivity index (χ1) is 8.11. The summed E-state index contributed by atoms with van der Waals surface area (Å²) in [7, 11) is 0. The second-order valence-corrected chi connectivity index (χ2v) is 4.81. The predicted molar refractivity (Wildman–Crippen MR) is 70.2 cm³/mol. The molecule has 0 N–H and O–H groups in total. The number of rotatable bonds is 7. The van der Waals surface area contributed by atoms with E-state index in [2.05, 4.69) is 29.8 Å². The first-order valence-corrected chi connectivity index (χ1v) is 6.80. The van der Waals surface area contributed by atoms with E-state index in [1.165, 1.54) is 12.1 Å². The Labute approximate surface area is 110 Å². The molecule has 0 saturated heterocycles. The number of benzene rings is 1. The molecule has 96 valence electrons. The molecule has 0 unspecified atom stereocenters. The van der Waals surface area contributed by atoms with Crippen molar-refractivity contribution in [3.8, 4) is 5.75 Å². The monoisotopic (exact) mass is 304 g/mol. The van der Waals surface area contributed by atoms with Gasteiger partial charge in [0.2, 0.25) is 0 Å². The summed E-state index contributed by atoms with van der Waals surface area (Å²) in [4.78, 5) is 0. The number of hydrogen-bond acceptors (Lipinski definition) is 2. The van der Waals surface area contributed by atoms with Crippen LogP contribution in [-0.4, -0.2) is 19.8 Å². The molecule has 0 amide bonds. The quantitative estimate of drug-likeness (QED) is 0.564. The third kappa shape index (κ3) is 6.03. The molecular weight excluding hydrogens is 287 g/mol. The van der Waals surface area contributed by atoms with Crippen LogP contribution in [-0.2, 0) is 10.1 Å². The van der Waals surface area contributed by atoms with Crippen molar-refractivity contribution < 1.29 is 13.9 Å². The summed E-state index contributed by atoms with van der Waals surface area (Å²) >= 11 is 3.29. The highest BCUT2D eigenvalue weighted by molar-refractivity contribution is 9.08. The van der Waals surface area contributed by atoms with Crippen LogP contribution in [0.5, 0.6) is 5.75 Å². The first-order valence-electron chi connectivity index (χ1n) is 5.67. The van der Waals surface area contributed by atoms with Crippen molar-refractivity contribution in [1.82, 2.24) is 0 Å². The Morgan fingerprint density at radius 2 is 2.00 bits per heavy atom. The lowest BCUT2D eigenvalue weighted by Gasteiger charge is -2.09. The molecule has 0 spiro atoms. The van der Waals surface area contributed by atoms with Gasteiger partial charge >= 0.3 is 0 Å². The lowest BCUT2D eigenvalue weighted by Crippen LogP contribution is -2.10. The van der Waals surface area contributed by atoms with Crippen LogP contribution in [0.15, 0.2) is 18.2 Å². The molecular formula is C13H18BrFO2. The highest BCUT2D eigenvalue weighted by atomic mass is 79.9. The van der Waals surface area contributed by atoms with E-state index < -0.39 is 0 Å².